The first kappa shape index (κ1) is 17.1. The van der Waals surface area contributed by atoms with Crippen molar-refractivity contribution in [2.75, 3.05) is 24.7 Å². The fourth-order valence-corrected chi connectivity index (χ4v) is 3.04. The van der Waals surface area contributed by atoms with Gasteiger partial charge in [-0.2, -0.15) is 5.10 Å². The summed E-state index contributed by atoms with van der Waals surface area (Å²) in [6, 6.07) is 8.67. The molecule has 3 rings (SSSR count). The van der Waals surface area contributed by atoms with E-state index >= 15 is 0 Å². The normalized spacial score (nSPS) is 19.7. The number of hydrogen-bond donors (Lipinski definition) is 0. The Morgan fingerprint density at radius 3 is 2.48 bits per heavy atom. The monoisotopic (exact) mass is 343 g/mol. The van der Waals surface area contributed by atoms with Crippen LogP contribution in [0.3, 0.4) is 0 Å². The Morgan fingerprint density at radius 1 is 1.16 bits per heavy atom. The van der Waals surface area contributed by atoms with E-state index in [2.05, 4.69) is 5.10 Å². The number of ether oxygens (including phenoxy) is 1. The first-order chi connectivity index (χ1) is 12.1. The third kappa shape index (κ3) is 3.87. The van der Waals surface area contributed by atoms with Crippen LogP contribution in [0.25, 0.3) is 0 Å². The molecule has 0 aromatic heterocycles. The zero-order valence-corrected chi connectivity index (χ0v) is 14.2. The van der Waals surface area contributed by atoms with Crippen molar-refractivity contribution >= 4 is 29.1 Å². The predicted molar refractivity (Wildman–Crippen MR) is 92.2 cm³/mol. The molecule has 1 fully saturated rings. The van der Waals surface area contributed by atoms with Crippen molar-refractivity contribution in [1.82, 2.24) is 4.90 Å². The quantitative estimate of drug-likeness (QED) is 0.755. The van der Waals surface area contributed by atoms with Crippen LogP contribution in [0.15, 0.2) is 35.4 Å². The summed E-state index contributed by atoms with van der Waals surface area (Å²) in [5, 5.41) is 5.81. The number of carbonyl (C=O) groups excluding carboxylic acids is 3. The lowest BCUT2D eigenvalue weighted by molar-refractivity contribution is -0.146. The van der Waals surface area contributed by atoms with Crippen molar-refractivity contribution in [3.05, 3.63) is 30.3 Å². The van der Waals surface area contributed by atoms with Gasteiger partial charge in [-0.15, -0.1) is 0 Å². The van der Waals surface area contributed by atoms with Crippen LogP contribution in [0.2, 0.25) is 0 Å². The number of likely N-dealkylation sites (tertiary alicyclic amines) is 1. The van der Waals surface area contributed by atoms with E-state index in [-0.39, 0.29) is 30.4 Å². The molecule has 1 atom stereocenters. The van der Waals surface area contributed by atoms with Crippen molar-refractivity contribution < 1.29 is 19.1 Å². The zero-order valence-electron chi connectivity index (χ0n) is 14.2. The summed E-state index contributed by atoms with van der Waals surface area (Å²) >= 11 is 0. The van der Waals surface area contributed by atoms with E-state index in [9.17, 15) is 14.4 Å². The van der Waals surface area contributed by atoms with E-state index in [4.69, 9.17) is 4.74 Å². The highest BCUT2D eigenvalue weighted by atomic mass is 16.5. The first-order valence-electron chi connectivity index (χ1n) is 8.43. The second-order valence-corrected chi connectivity index (χ2v) is 6.22. The fourth-order valence-electron chi connectivity index (χ4n) is 3.04. The van der Waals surface area contributed by atoms with Gasteiger partial charge in [0.2, 0.25) is 0 Å². The van der Waals surface area contributed by atoms with Gasteiger partial charge in [0.1, 0.15) is 11.8 Å². The second-order valence-electron chi connectivity index (χ2n) is 6.22. The number of Topliss-reactive ketones (excluding diaryl/α,β-unsaturated/α-hetero) is 1. The number of benzene rings is 1. The summed E-state index contributed by atoms with van der Waals surface area (Å²) in [5.41, 5.74) is 0.900. The number of para-hydroxylation sites is 1. The minimum absolute atomic E-state index is 0.0800. The topological polar surface area (TPSA) is 79.3 Å². The largest absolute Gasteiger partial charge is 0.451 e. The second kappa shape index (κ2) is 7.46. The van der Waals surface area contributed by atoms with Gasteiger partial charge < -0.3 is 9.64 Å². The number of ketones is 1. The molecule has 2 aliphatic heterocycles. The van der Waals surface area contributed by atoms with Gasteiger partial charge in [0.15, 0.2) is 12.4 Å². The summed E-state index contributed by atoms with van der Waals surface area (Å²) in [6.07, 6.45) is 2.15. The Morgan fingerprint density at radius 2 is 1.84 bits per heavy atom. The number of amides is 1. The number of hydrazone groups is 1. The minimum atomic E-state index is -0.641. The number of anilines is 1. The van der Waals surface area contributed by atoms with Gasteiger partial charge in [-0.25, -0.2) is 4.79 Å². The smallest absolute Gasteiger partial charge is 0.355 e. The summed E-state index contributed by atoms with van der Waals surface area (Å²) < 4.78 is 5.11. The van der Waals surface area contributed by atoms with Crippen molar-refractivity contribution in [2.24, 2.45) is 5.10 Å². The molecular formula is C18H21N3O4. The van der Waals surface area contributed by atoms with Crippen LogP contribution in [0.1, 0.15) is 26.2 Å². The highest BCUT2D eigenvalue weighted by Gasteiger charge is 2.35. The molecule has 2 heterocycles. The standard InChI is InChI=1S/C18H21N3O4/c1-13(22)16-11-15(19-21(16)14-7-3-2-4-8-14)18(24)25-12-17(23)20-9-5-6-10-20/h2-4,7-8,16H,5-6,9-12H2,1H3. The molecule has 0 spiro atoms. The van der Waals surface area contributed by atoms with Gasteiger partial charge in [-0.3, -0.25) is 14.6 Å². The minimum Gasteiger partial charge on any atom is -0.451 e. The molecule has 0 N–H and O–H groups in total. The Hall–Kier alpha value is -2.70. The van der Waals surface area contributed by atoms with Crippen LogP contribution < -0.4 is 5.01 Å². The zero-order chi connectivity index (χ0) is 17.8. The Balaban J connectivity index is 1.65. The maximum absolute atomic E-state index is 12.2. The van der Waals surface area contributed by atoms with Crippen LogP contribution in [-0.4, -0.2) is 54.0 Å². The third-order valence-corrected chi connectivity index (χ3v) is 4.42. The third-order valence-electron chi connectivity index (χ3n) is 4.42. The van der Waals surface area contributed by atoms with Gasteiger partial charge in [0, 0.05) is 19.5 Å². The number of carbonyl (C=O) groups is 3. The van der Waals surface area contributed by atoms with E-state index in [1.807, 2.05) is 30.3 Å². The van der Waals surface area contributed by atoms with Gasteiger partial charge in [0.05, 0.1) is 5.69 Å². The van der Waals surface area contributed by atoms with Crippen molar-refractivity contribution in [3.8, 4) is 0 Å². The van der Waals surface area contributed by atoms with Crippen LogP contribution >= 0.6 is 0 Å². The van der Waals surface area contributed by atoms with Gasteiger partial charge in [-0.1, -0.05) is 18.2 Å². The molecular weight excluding hydrogens is 322 g/mol. The Kier molecular flexibility index (Phi) is 5.11. The highest BCUT2D eigenvalue weighted by molar-refractivity contribution is 6.38. The molecule has 1 unspecified atom stereocenters. The van der Waals surface area contributed by atoms with Gasteiger partial charge in [-0.05, 0) is 31.9 Å². The molecule has 2 aliphatic rings. The van der Waals surface area contributed by atoms with Gasteiger partial charge >= 0.3 is 5.97 Å². The van der Waals surface area contributed by atoms with E-state index in [1.54, 1.807) is 9.91 Å². The molecule has 0 saturated carbocycles. The average Bonchev–Trinajstić information content (AvgIpc) is 3.29. The number of rotatable bonds is 5. The van der Waals surface area contributed by atoms with Crippen molar-refractivity contribution in [3.63, 3.8) is 0 Å². The van der Waals surface area contributed by atoms with E-state index in [0.717, 1.165) is 18.5 Å². The maximum atomic E-state index is 12.2. The number of hydrogen-bond acceptors (Lipinski definition) is 6. The lowest BCUT2D eigenvalue weighted by Gasteiger charge is -2.20. The fraction of sp³-hybridized carbons (Fsp3) is 0.444. The van der Waals surface area contributed by atoms with E-state index in [1.165, 1.54) is 6.92 Å². The molecule has 7 heteroatoms. The predicted octanol–water partition coefficient (Wildman–Crippen LogP) is 1.38. The highest BCUT2D eigenvalue weighted by Crippen LogP contribution is 2.25. The lowest BCUT2D eigenvalue weighted by atomic mass is 10.1. The SMILES string of the molecule is CC(=O)C1CC(C(=O)OCC(=O)N2CCCC2)=NN1c1ccccc1. The molecule has 1 aromatic rings. The van der Waals surface area contributed by atoms with Crippen LogP contribution in [-0.2, 0) is 19.1 Å². The first-order valence-corrected chi connectivity index (χ1v) is 8.43. The molecule has 25 heavy (non-hydrogen) atoms. The van der Waals surface area contributed by atoms with Crippen molar-refractivity contribution in [2.45, 2.75) is 32.2 Å². The van der Waals surface area contributed by atoms with Gasteiger partial charge in [0.25, 0.3) is 5.91 Å². The van der Waals surface area contributed by atoms with Crippen LogP contribution in [0.4, 0.5) is 5.69 Å². The Labute approximate surface area is 146 Å². The van der Waals surface area contributed by atoms with Crippen LogP contribution in [0, 0.1) is 0 Å². The molecule has 0 aliphatic carbocycles. The van der Waals surface area contributed by atoms with Crippen LogP contribution in [0.5, 0.6) is 0 Å². The lowest BCUT2D eigenvalue weighted by Crippen LogP contribution is -2.34. The molecule has 1 amide bonds. The number of nitrogens with zero attached hydrogens (tertiary/aromatic N) is 3. The molecule has 7 nitrogen and oxygen atoms in total. The molecule has 1 aromatic carbocycles. The van der Waals surface area contributed by atoms with E-state index < -0.39 is 12.0 Å². The summed E-state index contributed by atoms with van der Waals surface area (Å²) in [5.74, 6) is -0.909. The average molecular weight is 343 g/mol. The Bertz CT molecular complexity index is 696. The molecule has 0 radical (unpaired) electrons. The van der Waals surface area contributed by atoms with E-state index in [0.29, 0.717) is 13.1 Å². The van der Waals surface area contributed by atoms with Crippen molar-refractivity contribution in [1.29, 1.82) is 0 Å². The summed E-state index contributed by atoms with van der Waals surface area (Å²) in [7, 11) is 0. The molecule has 1 saturated heterocycles. The molecule has 132 valence electrons. The number of esters is 1. The summed E-state index contributed by atoms with van der Waals surface area (Å²) in [4.78, 5) is 37.8. The maximum Gasteiger partial charge on any atom is 0.355 e. The molecule has 0 bridgehead atoms. The summed E-state index contributed by atoms with van der Waals surface area (Å²) in [6.45, 7) is 2.62.